The van der Waals surface area contributed by atoms with Crippen LogP contribution in [0, 0.1) is 5.92 Å². The molecule has 1 unspecified atom stereocenters. The summed E-state index contributed by atoms with van der Waals surface area (Å²) in [4.78, 5) is 0. The molecule has 0 aliphatic heterocycles. The van der Waals surface area contributed by atoms with Crippen molar-refractivity contribution in [3.8, 4) is 0 Å². The largest absolute Gasteiger partial charge is 0.0622 e. The predicted octanol–water partition coefficient (Wildman–Crippen LogP) is 2.47. The molecule has 1 aromatic carbocycles. The van der Waals surface area contributed by atoms with E-state index < -0.39 is 0 Å². The first-order valence-electron chi connectivity index (χ1n) is 3.75. The van der Waals surface area contributed by atoms with Gasteiger partial charge in [0.1, 0.15) is 0 Å². The molecule has 1 aromatic rings. The maximum Gasteiger partial charge on any atom is 0.00980 e. The number of hydrogen-bond acceptors (Lipinski definition) is 0. The van der Waals surface area contributed by atoms with Crippen LogP contribution in [-0.4, -0.2) is 0 Å². The summed E-state index contributed by atoms with van der Waals surface area (Å²) in [5.74, 6) is 0.933. The lowest BCUT2D eigenvalue weighted by atomic mass is 10.1. The monoisotopic (exact) mass is 128 g/mol. The van der Waals surface area contributed by atoms with Gasteiger partial charge in [-0.05, 0) is 17.6 Å². The smallest absolute Gasteiger partial charge is 0.00980 e. The van der Waals surface area contributed by atoms with E-state index in [4.69, 9.17) is 0 Å². The molecular formula is C10H8. The number of hydrogen-bond donors (Lipinski definition) is 0. The van der Waals surface area contributed by atoms with Crippen LogP contribution in [0.3, 0.4) is 0 Å². The van der Waals surface area contributed by atoms with Crippen molar-refractivity contribution in [1.29, 1.82) is 0 Å². The molecule has 1 atom stereocenters. The van der Waals surface area contributed by atoms with Crippen molar-refractivity contribution in [2.24, 2.45) is 5.92 Å². The minimum Gasteiger partial charge on any atom is -0.0622 e. The van der Waals surface area contributed by atoms with E-state index in [1.54, 1.807) is 11.1 Å². The topological polar surface area (TPSA) is 0 Å². The standard InChI is InChI=1S/C10H8/c1-2-4-7(5-3-1)10-8-6-9(8)10/h1-5,8H,6H2. The van der Waals surface area contributed by atoms with Crippen LogP contribution in [0.4, 0.5) is 0 Å². The highest BCUT2D eigenvalue weighted by Crippen LogP contribution is 2.66. The molecule has 2 aliphatic carbocycles. The van der Waals surface area contributed by atoms with Gasteiger partial charge in [0, 0.05) is 5.92 Å². The Bertz CT molecular complexity index is 306. The lowest BCUT2D eigenvalue weighted by molar-refractivity contribution is 1.23. The lowest BCUT2D eigenvalue weighted by Gasteiger charge is -1.94. The first-order valence-corrected chi connectivity index (χ1v) is 3.75. The van der Waals surface area contributed by atoms with Crippen LogP contribution >= 0.6 is 0 Å². The fraction of sp³-hybridized carbons (Fsp3) is 0.200. The van der Waals surface area contributed by atoms with Gasteiger partial charge in [0.2, 0.25) is 0 Å². The molecule has 48 valence electrons. The molecular weight excluding hydrogens is 120 g/mol. The van der Waals surface area contributed by atoms with E-state index in [0.29, 0.717) is 0 Å². The van der Waals surface area contributed by atoms with Gasteiger partial charge in [-0.15, -0.1) is 0 Å². The van der Waals surface area contributed by atoms with Gasteiger partial charge in [-0.2, -0.15) is 0 Å². The Morgan fingerprint density at radius 2 is 1.80 bits per heavy atom. The Morgan fingerprint density at radius 1 is 1.10 bits per heavy atom. The van der Waals surface area contributed by atoms with Gasteiger partial charge in [0.15, 0.2) is 0 Å². The van der Waals surface area contributed by atoms with Crippen LogP contribution < -0.4 is 0 Å². The summed E-state index contributed by atoms with van der Waals surface area (Å²) in [5.41, 5.74) is 4.81. The van der Waals surface area contributed by atoms with E-state index >= 15 is 0 Å². The minimum absolute atomic E-state index is 0.933. The van der Waals surface area contributed by atoms with Crippen molar-refractivity contribution >= 4 is 5.57 Å². The Labute approximate surface area is 60.2 Å². The van der Waals surface area contributed by atoms with E-state index in [1.165, 1.54) is 12.0 Å². The second-order valence-electron chi connectivity index (χ2n) is 3.06. The van der Waals surface area contributed by atoms with Gasteiger partial charge in [-0.3, -0.25) is 0 Å². The normalized spacial score (nSPS) is 26.2. The van der Waals surface area contributed by atoms with Crippen LogP contribution in [0.1, 0.15) is 12.0 Å². The molecule has 1 fully saturated rings. The molecule has 0 radical (unpaired) electrons. The second-order valence-corrected chi connectivity index (χ2v) is 3.06. The Kier molecular flexibility index (Phi) is 0.634. The van der Waals surface area contributed by atoms with Crippen molar-refractivity contribution in [2.45, 2.75) is 6.42 Å². The molecule has 0 bridgehead atoms. The highest BCUT2D eigenvalue weighted by Gasteiger charge is 2.50. The molecule has 0 heterocycles. The molecule has 2 aliphatic rings. The maximum absolute atomic E-state index is 2.20. The van der Waals surface area contributed by atoms with Crippen LogP contribution in [0.15, 0.2) is 35.9 Å². The van der Waals surface area contributed by atoms with Crippen molar-refractivity contribution in [2.75, 3.05) is 0 Å². The molecule has 3 rings (SSSR count). The SMILES string of the molecule is c1ccc(C2=C3CC32)cc1. The molecule has 0 aromatic heterocycles. The maximum atomic E-state index is 2.20. The summed E-state index contributed by atoms with van der Waals surface area (Å²) in [7, 11) is 0. The van der Waals surface area contributed by atoms with Crippen molar-refractivity contribution < 1.29 is 0 Å². The van der Waals surface area contributed by atoms with Crippen molar-refractivity contribution in [3.63, 3.8) is 0 Å². The van der Waals surface area contributed by atoms with Crippen LogP contribution in [0.2, 0.25) is 0 Å². The van der Waals surface area contributed by atoms with Gasteiger partial charge in [-0.1, -0.05) is 35.9 Å². The second kappa shape index (κ2) is 1.34. The Hall–Kier alpha value is -1.04. The number of rotatable bonds is 1. The lowest BCUT2D eigenvalue weighted by Crippen LogP contribution is -1.75. The highest BCUT2D eigenvalue weighted by atomic mass is 14.5. The van der Waals surface area contributed by atoms with Gasteiger partial charge in [0.25, 0.3) is 0 Å². The Morgan fingerprint density at radius 3 is 2.30 bits per heavy atom. The number of fused-ring (bicyclic) bond motifs is 1. The van der Waals surface area contributed by atoms with Gasteiger partial charge in [-0.25, -0.2) is 0 Å². The summed E-state index contributed by atoms with van der Waals surface area (Å²) in [6.07, 6.45) is 1.39. The van der Waals surface area contributed by atoms with E-state index in [2.05, 4.69) is 30.3 Å². The van der Waals surface area contributed by atoms with Crippen LogP contribution in [0.5, 0.6) is 0 Å². The molecule has 0 amide bonds. The van der Waals surface area contributed by atoms with Gasteiger partial charge >= 0.3 is 0 Å². The molecule has 10 heavy (non-hydrogen) atoms. The van der Waals surface area contributed by atoms with E-state index in [0.717, 1.165) is 5.92 Å². The zero-order chi connectivity index (χ0) is 6.55. The van der Waals surface area contributed by atoms with Crippen molar-refractivity contribution in [3.05, 3.63) is 41.5 Å². The summed E-state index contributed by atoms with van der Waals surface area (Å²) < 4.78 is 0. The fourth-order valence-electron chi connectivity index (χ4n) is 1.57. The third kappa shape index (κ3) is 0.469. The quantitative estimate of drug-likeness (QED) is 0.545. The van der Waals surface area contributed by atoms with Crippen molar-refractivity contribution in [1.82, 2.24) is 0 Å². The highest BCUT2D eigenvalue weighted by molar-refractivity contribution is 5.93. The third-order valence-corrected chi connectivity index (χ3v) is 2.38. The molecule has 0 nitrogen and oxygen atoms in total. The molecule has 1 saturated carbocycles. The number of allylic oxidation sites excluding steroid dienone is 2. The predicted molar refractivity (Wildman–Crippen MR) is 41.5 cm³/mol. The van der Waals surface area contributed by atoms with Crippen LogP contribution in [-0.2, 0) is 0 Å². The molecule has 0 saturated heterocycles. The third-order valence-electron chi connectivity index (χ3n) is 2.38. The summed E-state index contributed by atoms with van der Waals surface area (Å²) in [6.45, 7) is 0. The molecule has 0 spiro atoms. The minimum atomic E-state index is 0.933. The number of benzene rings is 1. The summed E-state index contributed by atoms with van der Waals surface area (Å²) in [5, 5.41) is 0. The van der Waals surface area contributed by atoms with Crippen LogP contribution in [0.25, 0.3) is 5.57 Å². The van der Waals surface area contributed by atoms with Gasteiger partial charge < -0.3 is 0 Å². The zero-order valence-electron chi connectivity index (χ0n) is 5.67. The molecule has 0 heteroatoms. The average Bonchev–Trinajstić information content (AvgIpc) is 2.75. The average molecular weight is 128 g/mol. The zero-order valence-corrected chi connectivity index (χ0v) is 5.67. The van der Waals surface area contributed by atoms with E-state index in [1.807, 2.05) is 0 Å². The van der Waals surface area contributed by atoms with E-state index in [9.17, 15) is 0 Å². The van der Waals surface area contributed by atoms with E-state index in [-0.39, 0.29) is 0 Å². The first-order chi connectivity index (χ1) is 4.97. The first kappa shape index (κ1) is 4.73. The summed E-state index contributed by atoms with van der Waals surface area (Å²) >= 11 is 0. The summed E-state index contributed by atoms with van der Waals surface area (Å²) in [6, 6.07) is 10.7. The van der Waals surface area contributed by atoms with Gasteiger partial charge in [0.05, 0.1) is 0 Å². The fourth-order valence-corrected chi connectivity index (χ4v) is 1.57. The Balaban J connectivity index is 2.08. The molecule has 0 N–H and O–H groups in total.